The molecule has 21 heavy (non-hydrogen) atoms. The van der Waals surface area contributed by atoms with Gasteiger partial charge in [0.25, 0.3) is 0 Å². The Hall–Kier alpha value is -1.75. The first-order chi connectivity index (χ1) is 9.99. The first kappa shape index (κ1) is 15.6. The van der Waals surface area contributed by atoms with E-state index >= 15 is 0 Å². The van der Waals surface area contributed by atoms with Crippen LogP contribution in [0.1, 0.15) is 36.3 Å². The molecular weight excluding hydrogens is 272 g/mol. The fraction of sp³-hybridized carbons (Fsp3) is 0.438. The number of hydrogen-bond donors (Lipinski definition) is 1. The van der Waals surface area contributed by atoms with Gasteiger partial charge in [-0.25, -0.2) is 8.78 Å². The van der Waals surface area contributed by atoms with E-state index in [1.807, 2.05) is 24.7 Å². The quantitative estimate of drug-likeness (QED) is 0.885. The van der Waals surface area contributed by atoms with E-state index < -0.39 is 11.6 Å². The van der Waals surface area contributed by atoms with Crippen LogP contribution >= 0.6 is 0 Å². The molecule has 0 saturated carbocycles. The molecule has 1 heterocycles. The number of nitrogens with zero attached hydrogens (tertiary/aromatic N) is 2. The van der Waals surface area contributed by atoms with Crippen molar-refractivity contribution >= 4 is 0 Å². The zero-order chi connectivity index (χ0) is 15.4. The van der Waals surface area contributed by atoms with Gasteiger partial charge in [-0.1, -0.05) is 6.92 Å². The number of benzene rings is 1. The third-order valence-electron chi connectivity index (χ3n) is 3.40. The van der Waals surface area contributed by atoms with Gasteiger partial charge in [0, 0.05) is 13.1 Å². The number of rotatable bonds is 6. The number of aromatic nitrogens is 2. The maximum absolute atomic E-state index is 13.3. The molecule has 1 unspecified atom stereocenters. The van der Waals surface area contributed by atoms with E-state index in [0.29, 0.717) is 12.0 Å². The average Bonchev–Trinajstić information content (AvgIpc) is 2.72. The van der Waals surface area contributed by atoms with Crippen molar-refractivity contribution in [3.63, 3.8) is 0 Å². The highest BCUT2D eigenvalue weighted by Gasteiger charge is 2.17. The predicted octanol–water partition coefficient (Wildman–Crippen LogP) is 3.29. The Balaban J connectivity index is 2.25. The van der Waals surface area contributed by atoms with Gasteiger partial charge in [-0.2, -0.15) is 5.10 Å². The van der Waals surface area contributed by atoms with Gasteiger partial charge in [0.2, 0.25) is 0 Å². The summed E-state index contributed by atoms with van der Waals surface area (Å²) in [4.78, 5) is 0. The first-order valence-electron chi connectivity index (χ1n) is 7.18. The van der Waals surface area contributed by atoms with Crippen molar-refractivity contribution in [2.45, 2.75) is 32.7 Å². The Morgan fingerprint density at radius 3 is 2.38 bits per heavy atom. The highest BCUT2D eigenvalue weighted by Crippen LogP contribution is 2.20. The van der Waals surface area contributed by atoms with Crippen molar-refractivity contribution in [2.24, 2.45) is 7.05 Å². The topological polar surface area (TPSA) is 29.9 Å². The molecule has 0 bridgehead atoms. The van der Waals surface area contributed by atoms with Gasteiger partial charge in [-0.05, 0) is 50.1 Å². The van der Waals surface area contributed by atoms with E-state index in [9.17, 15) is 8.78 Å². The summed E-state index contributed by atoms with van der Waals surface area (Å²) < 4.78 is 28.5. The summed E-state index contributed by atoms with van der Waals surface area (Å²) >= 11 is 0. The van der Waals surface area contributed by atoms with Gasteiger partial charge in [-0.3, -0.25) is 4.68 Å². The van der Waals surface area contributed by atoms with Crippen LogP contribution in [0.2, 0.25) is 0 Å². The van der Waals surface area contributed by atoms with E-state index in [2.05, 4.69) is 17.3 Å². The molecule has 0 radical (unpaired) electrons. The van der Waals surface area contributed by atoms with Gasteiger partial charge in [0.1, 0.15) is 11.6 Å². The van der Waals surface area contributed by atoms with Crippen LogP contribution < -0.4 is 5.32 Å². The van der Waals surface area contributed by atoms with Crippen LogP contribution in [-0.2, 0) is 13.5 Å². The standard InChI is InChI=1S/C16H21F2N3/c1-4-5-19-15(16-6-11(2)20-21(16)3)9-12-7-13(17)10-14(18)8-12/h6-8,10,15,19H,4-5,9H2,1-3H3. The van der Waals surface area contributed by atoms with Gasteiger partial charge in [0.05, 0.1) is 17.4 Å². The zero-order valence-corrected chi connectivity index (χ0v) is 12.7. The SMILES string of the molecule is CCCNC(Cc1cc(F)cc(F)c1)c1cc(C)nn1C. The second-order valence-electron chi connectivity index (χ2n) is 5.32. The Morgan fingerprint density at radius 2 is 1.86 bits per heavy atom. The number of halogens is 2. The summed E-state index contributed by atoms with van der Waals surface area (Å²) in [7, 11) is 1.88. The van der Waals surface area contributed by atoms with Gasteiger partial charge in [0.15, 0.2) is 0 Å². The fourth-order valence-corrected chi connectivity index (χ4v) is 2.52. The minimum atomic E-state index is -0.541. The second kappa shape index (κ2) is 6.80. The number of nitrogens with one attached hydrogen (secondary N) is 1. The largest absolute Gasteiger partial charge is 0.308 e. The molecule has 5 heteroatoms. The van der Waals surface area contributed by atoms with Crippen molar-refractivity contribution in [1.29, 1.82) is 0 Å². The lowest BCUT2D eigenvalue weighted by Gasteiger charge is -2.19. The van der Waals surface area contributed by atoms with E-state index in [1.54, 1.807) is 0 Å². The molecule has 2 rings (SSSR count). The molecule has 1 aromatic carbocycles. The van der Waals surface area contributed by atoms with Crippen LogP contribution in [0.5, 0.6) is 0 Å². The van der Waals surface area contributed by atoms with Crippen LogP contribution in [0.15, 0.2) is 24.3 Å². The maximum Gasteiger partial charge on any atom is 0.126 e. The second-order valence-corrected chi connectivity index (χ2v) is 5.32. The lowest BCUT2D eigenvalue weighted by Crippen LogP contribution is -2.26. The molecule has 114 valence electrons. The molecule has 1 atom stereocenters. The van der Waals surface area contributed by atoms with Crippen LogP contribution in [0.25, 0.3) is 0 Å². The lowest BCUT2D eigenvalue weighted by atomic mass is 10.0. The highest BCUT2D eigenvalue weighted by atomic mass is 19.1. The molecule has 0 fully saturated rings. The monoisotopic (exact) mass is 293 g/mol. The van der Waals surface area contributed by atoms with E-state index in [-0.39, 0.29) is 6.04 Å². The third-order valence-corrected chi connectivity index (χ3v) is 3.40. The van der Waals surface area contributed by atoms with Crippen molar-refractivity contribution in [3.8, 4) is 0 Å². The Morgan fingerprint density at radius 1 is 1.19 bits per heavy atom. The van der Waals surface area contributed by atoms with Crippen LogP contribution in [0.3, 0.4) is 0 Å². The summed E-state index contributed by atoms with van der Waals surface area (Å²) in [6.07, 6.45) is 1.51. The smallest absolute Gasteiger partial charge is 0.126 e. The lowest BCUT2D eigenvalue weighted by molar-refractivity contribution is 0.490. The Kier molecular flexibility index (Phi) is 5.07. The molecule has 3 nitrogen and oxygen atoms in total. The maximum atomic E-state index is 13.3. The van der Waals surface area contributed by atoms with E-state index in [0.717, 1.165) is 30.4 Å². The van der Waals surface area contributed by atoms with Crippen LogP contribution in [0, 0.1) is 18.6 Å². The molecule has 0 aliphatic carbocycles. The zero-order valence-electron chi connectivity index (χ0n) is 12.7. The molecular formula is C16H21F2N3. The molecule has 0 amide bonds. The number of aryl methyl sites for hydroxylation is 2. The molecule has 1 N–H and O–H groups in total. The van der Waals surface area contributed by atoms with Crippen molar-refractivity contribution < 1.29 is 8.78 Å². The molecule has 1 aromatic heterocycles. The van der Waals surface area contributed by atoms with Gasteiger partial charge < -0.3 is 5.32 Å². The van der Waals surface area contributed by atoms with Crippen molar-refractivity contribution in [2.75, 3.05) is 6.54 Å². The summed E-state index contributed by atoms with van der Waals surface area (Å²) in [6.45, 7) is 4.86. The number of hydrogen-bond acceptors (Lipinski definition) is 2. The minimum Gasteiger partial charge on any atom is -0.308 e. The summed E-state index contributed by atoms with van der Waals surface area (Å²) in [5.74, 6) is -1.08. The van der Waals surface area contributed by atoms with Gasteiger partial charge in [-0.15, -0.1) is 0 Å². The Labute approximate surface area is 124 Å². The van der Waals surface area contributed by atoms with E-state index in [4.69, 9.17) is 0 Å². The third kappa shape index (κ3) is 4.11. The molecule has 2 aromatic rings. The van der Waals surface area contributed by atoms with E-state index in [1.165, 1.54) is 12.1 Å². The summed E-state index contributed by atoms with van der Waals surface area (Å²) in [5.41, 5.74) is 2.59. The minimum absolute atomic E-state index is 0.0163. The highest BCUT2D eigenvalue weighted by molar-refractivity contribution is 5.22. The molecule has 0 spiro atoms. The molecule has 0 saturated heterocycles. The van der Waals surface area contributed by atoms with Gasteiger partial charge >= 0.3 is 0 Å². The normalized spacial score (nSPS) is 12.6. The molecule has 0 aliphatic rings. The summed E-state index contributed by atoms with van der Waals surface area (Å²) in [6, 6.07) is 5.65. The average molecular weight is 293 g/mol. The van der Waals surface area contributed by atoms with Crippen LogP contribution in [0.4, 0.5) is 8.78 Å². The predicted molar refractivity (Wildman–Crippen MR) is 79.0 cm³/mol. The first-order valence-corrected chi connectivity index (χ1v) is 7.18. The van der Waals surface area contributed by atoms with Crippen molar-refractivity contribution in [1.82, 2.24) is 15.1 Å². The summed E-state index contributed by atoms with van der Waals surface area (Å²) in [5, 5.41) is 7.77. The fourth-order valence-electron chi connectivity index (χ4n) is 2.52. The van der Waals surface area contributed by atoms with Crippen LogP contribution in [-0.4, -0.2) is 16.3 Å². The van der Waals surface area contributed by atoms with Crippen molar-refractivity contribution in [3.05, 3.63) is 52.9 Å². The molecule has 0 aliphatic heterocycles. The Bertz CT molecular complexity index is 587.